The number of carbonyl (C=O) groups is 1. The van der Waals surface area contributed by atoms with E-state index < -0.39 is 30.7 Å². The molecule has 18 heavy (non-hydrogen) atoms. The van der Waals surface area contributed by atoms with E-state index in [1.54, 1.807) is 0 Å². The number of rotatable bonds is 4. The molecule has 3 nitrogen and oxygen atoms in total. The van der Waals surface area contributed by atoms with Crippen LogP contribution in [0.25, 0.3) is 0 Å². The maximum Gasteiger partial charge on any atom is 0.324 e. The molecule has 3 unspecified atom stereocenters. The predicted molar refractivity (Wildman–Crippen MR) is 58.4 cm³/mol. The Labute approximate surface area is 103 Å². The van der Waals surface area contributed by atoms with Crippen molar-refractivity contribution in [2.24, 2.45) is 17.6 Å². The van der Waals surface area contributed by atoms with Gasteiger partial charge in [0.2, 0.25) is 5.91 Å². The second-order valence-electron chi connectivity index (χ2n) is 4.94. The quantitative estimate of drug-likeness (QED) is 0.765. The molecule has 3 N–H and O–H groups in total. The van der Waals surface area contributed by atoms with Gasteiger partial charge in [-0.05, 0) is 25.2 Å². The Kier molecular flexibility index (Phi) is 4.95. The van der Waals surface area contributed by atoms with E-state index >= 15 is 0 Å². The molecule has 1 amide bonds. The third-order valence-electron chi connectivity index (χ3n) is 3.39. The van der Waals surface area contributed by atoms with E-state index in [9.17, 15) is 22.4 Å². The molecule has 1 rings (SSSR count). The van der Waals surface area contributed by atoms with E-state index in [-0.39, 0.29) is 12.0 Å². The fourth-order valence-corrected chi connectivity index (χ4v) is 2.13. The Bertz CT molecular complexity index is 299. The Morgan fingerprint density at radius 1 is 1.44 bits per heavy atom. The molecule has 0 aromatic heterocycles. The highest BCUT2D eigenvalue weighted by Crippen LogP contribution is 2.29. The molecule has 106 valence electrons. The zero-order valence-electron chi connectivity index (χ0n) is 10.1. The maximum absolute atomic E-state index is 12.7. The summed E-state index contributed by atoms with van der Waals surface area (Å²) in [6, 6.07) is -0.132. The van der Waals surface area contributed by atoms with Gasteiger partial charge in [0.1, 0.15) is 0 Å². The van der Waals surface area contributed by atoms with Crippen LogP contribution in [-0.2, 0) is 4.79 Å². The van der Waals surface area contributed by atoms with Gasteiger partial charge in [0, 0.05) is 12.0 Å². The number of nitrogens with two attached hydrogens (primary N) is 1. The summed E-state index contributed by atoms with van der Waals surface area (Å²) in [6.45, 7) is 0.503. The van der Waals surface area contributed by atoms with Gasteiger partial charge < -0.3 is 11.1 Å². The van der Waals surface area contributed by atoms with Gasteiger partial charge in [0.15, 0.2) is 0 Å². The molecule has 7 heteroatoms. The first-order chi connectivity index (χ1) is 8.24. The lowest BCUT2D eigenvalue weighted by atomic mass is 9.77. The number of carbonyl (C=O) groups excluding carboxylic acids is 1. The first kappa shape index (κ1) is 15.2. The Hall–Kier alpha value is -0.850. The van der Waals surface area contributed by atoms with Crippen LogP contribution in [0.3, 0.4) is 0 Å². The van der Waals surface area contributed by atoms with Crippen LogP contribution in [-0.4, -0.2) is 30.8 Å². The van der Waals surface area contributed by atoms with Crippen molar-refractivity contribution < 1.29 is 22.4 Å². The first-order valence-electron chi connectivity index (χ1n) is 5.93. The summed E-state index contributed by atoms with van der Waals surface area (Å²) in [6.07, 6.45) is -1.83. The average molecular weight is 270 g/mol. The third kappa shape index (κ3) is 3.83. The second-order valence-corrected chi connectivity index (χ2v) is 4.94. The van der Waals surface area contributed by atoms with Gasteiger partial charge in [-0.1, -0.05) is 6.92 Å². The molecule has 1 aliphatic carbocycles. The molecular weight excluding hydrogens is 252 g/mol. The minimum atomic E-state index is -4.18. The lowest BCUT2D eigenvalue weighted by Crippen LogP contribution is -2.46. The summed E-state index contributed by atoms with van der Waals surface area (Å²) in [5, 5.41) is 1.90. The summed E-state index contributed by atoms with van der Waals surface area (Å²) >= 11 is 0. The molecule has 0 radical (unpaired) electrons. The number of halogens is 4. The normalized spacial score (nSPS) is 29.4. The van der Waals surface area contributed by atoms with Crippen molar-refractivity contribution in [1.82, 2.24) is 5.32 Å². The molecule has 3 atom stereocenters. The summed E-state index contributed by atoms with van der Waals surface area (Å²) in [5.74, 6) is -5.24. The van der Waals surface area contributed by atoms with Crippen LogP contribution in [0.5, 0.6) is 0 Å². The minimum absolute atomic E-state index is 0.0324. The molecular formula is C11H18F4N2O. The van der Waals surface area contributed by atoms with Crippen LogP contribution in [0.1, 0.15) is 26.2 Å². The molecule has 0 aromatic rings. The van der Waals surface area contributed by atoms with Gasteiger partial charge in [0.05, 0.1) is 6.54 Å². The minimum Gasteiger partial charge on any atom is -0.350 e. The Morgan fingerprint density at radius 2 is 2.06 bits per heavy atom. The van der Waals surface area contributed by atoms with Crippen molar-refractivity contribution in [3.8, 4) is 0 Å². The van der Waals surface area contributed by atoms with Crippen molar-refractivity contribution in [3.63, 3.8) is 0 Å². The van der Waals surface area contributed by atoms with Gasteiger partial charge >= 0.3 is 12.3 Å². The van der Waals surface area contributed by atoms with Crippen molar-refractivity contribution in [1.29, 1.82) is 0 Å². The SMILES string of the molecule is CC1CCC(N)CC1C(=O)NCC(F)(F)C(F)F. The zero-order chi connectivity index (χ0) is 13.9. The van der Waals surface area contributed by atoms with Crippen LogP contribution in [0.4, 0.5) is 17.6 Å². The van der Waals surface area contributed by atoms with Crippen molar-refractivity contribution >= 4 is 5.91 Å². The molecule has 0 aromatic carbocycles. The summed E-state index contributed by atoms with van der Waals surface area (Å²) in [4.78, 5) is 11.7. The standard InChI is InChI=1S/C11H18F4N2O/c1-6-2-3-7(16)4-8(6)9(18)17-5-11(14,15)10(12)13/h6-8,10H,2-5,16H2,1H3,(H,17,18). The molecule has 0 saturated heterocycles. The summed E-state index contributed by atoms with van der Waals surface area (Å²) in [5.41, 5.74) is 5.71. The van der Waals surface area contributed by atoms with Crippen LogP contribution in [0, 0.1) is 11.8 Å². The number of amides is 1. The second kappa shape index (κ2) is 5.86. The Balaban J connectivity index is 2.50. The monoisotopic (exact) mass is 270 g/mol. The van der Waals surface area contributed by atoms with Crippen LogP contribution in [0.2, 0.25) is 0 Å². The van der Waals surface area contributed by atoms with E-state index in [2.05, 4.69) is 0 Å². The van der Waals surface area contributed by atoms with Gasteiger partial charge in [-0.25, -0.2) is 8.78 Å². The van der Waals surface area contributed by atoms with Crippen molar-refractivity contribution in [2.45, 2.75) is 44.6 Å². The summed E-state index contributed by atoms with van der Waals surface area (Å²) < 4.78 is 49.2. The highest BCUT2D eigenvalue weighted by atomic mass is 19.3. The molecule has 0 heterocycles. The molecule has 0 aliphatic heterocycles. The highest BCUT2D eigenvalue weighted by molar-refractivity contribution is 5.79. The van der Waals surface area contributed by atoms with E-state index in [1.165, 1.54) is 0 Å². The van der Waals surface area contributed by atoms with E-state index in [0.717, 1.165) is 12.8 Å². The van der Waals surface area contributed by atoms with E-state index in [1.807, 2.05) is 12.2 Å². The first-order valence-corrected chi connectivity index (χ1v) is 5.93. The third-order valence-corrected chi connectivity index (χ3v) is 3.39. The van der Waals surface area contributed by atoms with Gasteiger partial charge in [-0.2, -0.15) is 8.78 Å². The predicted octanol–water partition coefficient (Wildman–Crippen LogP) is 1.77. The molecule has 0 bridgehead atoms. The fourth-order valence-electron chi connectivity index (χ4n) is 2.13. The lowest BCUT2D eigenvalue weighted by molar-refractivity contribution is -0.140. The largest absolute Gasteiger partial charge is 0.350 e. The number of nitrogens with one attached hydrogen (secondary N) is 1. The van der Waals surface area contributed by atoms with E-state index in [4.69, 9.17) is 5.73 Å². The molecule has 1 saturated carbocycles. The van der Waals surface area contributed by atoms with Gasteiger partial charge in [0.25, 0.3) is 0 Å². The molecule has 1 aliphatic rings. The number of hydrogen-bond acceptors (Lipinski definition) is 2. The van der Waals surface area contributed by atoms with Crippen molar-refractivity contribution in [2.75, 3.05) is 6.54 Å². The van der Waals surface area contributed by atoms with E-state index in [0.29, 0.717) is 6.42 Å². The van der Waals surface area contributed by atoms with Crippen molar-refractivity contribution in [3.05, 3.63) is 0 Å². The van der Waals surface area contributed by atoms with Crippen LogP contribution < -0.4 is 11.1 Å². The maximum atomic E-state index is 12.7. The smallest absolute Gasteiger partial charge is 0.324 e. The van der Waals surface area contributed by atoms with Gasteiger partial charge in [-0.3, -0.25) is 4.79 Å². The fraction of sp³-hybridized carbons (Fsp3) is 0.909. The number of alkyl halides is 4. The number of hydrogen-bond donors (Lipinski definition) is 2. The molecule has 1 fully saturated rings. The van der Waals surface area contributed by atoms with Crippen LogP contribution >= 0.6 is 0 Å². The molecule has 0 spiro atoms. The Morgan fingerprint density at radius 3 is 2.61 bits per heavy atom. The lowest BCUT2D eigenvalue weighted by Gasteiger charge is -2.31. The zero-order valence-corrected chi connectivity index (χ0v) is 10.1. The van der Waals surface area contributed by atoms with Crippen LogP contribution in [0.15, 0.2) is 0 Å². The topological polar surface area (TPSA) is 55.1 Å². The highest BCUT2D eigenvalue weighted by Gasteiger charge is 2.41. The average Bonchev–Trinajstić information content (AvgIpc) is 2.29. The summed E-state index contributed by atoms with van der Waals surface area (Å²) in [7, 11) is 0. The van der Waals surface area contributed by atoms with Gasteiger partial charge in [-0.15, -0.1) is 0 Å².